The van der Waals surface area contributed by atoms with E-state index in [4.69, 9.17) is 12.2 Å². The average Bonchev–Trinajstić information content (AvgIpc) is 3.18. The summed E-state index contributed by atoms with van der Waals surface area (Å²) < 4.78 is 0.998. The first-order chi connectivity index (χ1) is 13.7. The third kappa shape index (κ3) is 5.37. The molecule has 28 heavy (non-hydrogen) atoms. The van der Waals surface area contributed by atoms with Crippen molar-refractivity contribution in [1.29, 1.82) is 0 Å². The van der Waals surface area contributed by atoms with Crippen molar-refractivity contribution >= 4 is 44.7 Å². The van der Waals surface area contributed by atoms with Crippen molar-refractivity contribution in [2.75, 3.05) is 31.6 Å². The number of thiophene rings is 1. The van der Waals surface area contributed by atoms with Gasteiger partial charge in [-0.3, -0.25) is 10.9 Å². The van der Waals surface area contributed by atoms with Crippen LogP contribution in [0.1, 0.15) is 20.3 Å². The Kier molecular flexibility index (Phi) is 7.53. The fourth-order valence-corrected chi connectivity index (χ4v) is 4.11. The van der Waals surface area contributed by atoms with Crippen LogP contribution in [-0.2, 0) is 0 Å². The molecule has 0 aliphatic carbocycles. The minimum Gasteiger partial charge on any atom is -0.361 e. The summed E-state index contributed by atoms with van der Waals surface area (Å²) in [4.78, 5) is 12.3. The average molecular weight is 415 g/mol. The van der Waals surface area contributed by atoms with Gasteiger partial charge in [0.15, 0.2) is 10.9 Å². The number of anilines is 1. The highest BCUT2D eigenvalue weighted by atomic mass is 32.1. The number of aromatic nitrogens is 2. The maximum atomic E-state index is 5.36. The summed E-state index contributed by atoms with van der Waals surface area (Å²) in [6.45, 7) is 8.43. The number of thiocarbonyl (C=S) groups is 1. The molecule has 8 heteroatoms. The van der Waals surface area contributed by atoms with Gasteiger partial charge < -0.3 is 10.2 Å². The van der Waals surface area contributed by atoms with Gasteiger partial charge in [0, 0.05) is 11.4 Å². The highest BCUT2D eigenvalue weighted by Gasteiger charge is 2.10. The molecule has 148 valence electrons. The van der Waals surface area contributed by atoms with Crippen LogP contribution in [0.4, 0.5) is 5.82 Å². The van der Waals surface area contributed by atoms with Crippen LogP contribution in [-0.4, -0.2) is 46.2 Å². The molecule has 0 saturated carbocycles. The van der Waals surface area contributed by atoms with Crippen LogP contribution in [0.15, 0.2) is 42.7 Å². The number of hydrogen-bond donors (Lipinski definition) is 3. The van der Waals surface area contributed by atoms with Crippen LogP contribution in [0.2, 0.25) is 0 Å². The van der Waals surface area contributed by atoms with Gasteiger partial charge in [-0.1, -0.05) is 44.2 Å². The molecule has 6 nitrogen and oxygen atoms in total. The number of fused-ring (bicyclic) bond motifs is 1. The van der Waals surface area contributed by atoms with E-state index in [-0.39, 0.29) is 0 Å². The Hall–Kier alpha value is -2.29. The second-order valence-electron chi connectivity index (χ2n) is 6.30. The van der Waals surface area contributed by atoms with E-state index in [1.54, 1.807) is 17.7 Å². The zero-order valence-corrected chi connectivity index (χ0v) is 17.9. The number of hydrogen-bond acceptors (Lipinski definition) is 6. The molecule has 0 unspecified atom stereocenters. The van der Waals surface area contributed by atoms with E-state index in [1.807, 2.05) is 18.2 Å². The summed E-state index contributed by atoms with van der Waals surface area (Å²) in [6, 6.07) is 12.4. The molecule has 0 aliphatic rings. The Bertz CT molecular complexity index is 892. The van der Waals surface area contributed by atoms with Gasteiger partial charge in [0.2, 0.25) is 0 Å². The first kappa shape index (κ1) is 20.4. The fourth-order valence-electron chi connectivity index (χ4n) is 2.89. The predicted octanol–water partition coefficient (Wildman–Crippen LogP) is 3.88. The molecule has 0 radical (unpaired) electrons. The third-order valence-electron chi connectivity index (χ3n) is 4.50. The van der Waals surface area contributed by atoms with Crippen molar-refractivity contribution in [1.82, 2.24) is 25.6 Å². The molecule has 3 N–H and O–H groups in total. The summed E-state index contributed by atoms with van der Waals surface area (Å²) >= 11 is 7.02. The lowest BCUT2D eigenvalue weighted by Crippen LogP contribution is -2.40. The van der Waals surface area contributed by atoms with Crippen LogP contribution in [0.5, 0.6) is 0 Å². The number of nitrogens with zero attached hydrogens (tertiary/aromatic N) is 3. The minimum atomic E-state index is 0.561. The van der Waals surface area contributed by atoms with Crippen LogP contribution in [0.25, 0.3) is 20.7 Å². The first-order valence-corrected chi connectivity index (χ1v) is 10.8. The summed E-state index contributed by atoms with van der Waals surface area (Å²) in [6.07, 6.45) is 2.61. The standard InChI is InChI=1S/C20H26N6S2/c1-3-26(4-2)12-8-11-21-20(27)25-24-19-18-16(22-14-23-19)13-17(28-18)15-9-6-5-7-10-15/h5-7,9-10,13-14H,3-4,8,11-12H2,1-2H3,(H2,21,25,27)(H,22,23,24). The summed E-state index contributed by atoms with van der Waals surface area (Å²) in [5, 5.41) is 3.79. The topological polar surface area (TPSA) is 65.1 Å². The quantitative estimate of drug-likeness (QED) is 0.279. The van der Waals surface area contributed by atoms with E-state index in [0.29, 0.717) is 5.11 Å². The molecular weight excluding hydrogens is 388 g/mol. The van der Waals surface area contributed by atoms with Crippen molar-refractivity contribution in [3.8, 4) is 10.4 Å². The maximum Gasteiger partial charge on any atom is 0.185 e. The van der Waals surface area contributed by atoms with Crippen LogP contribution in [0, 0.1) is 0 Å². The third-order valence-corrected chi connectivity index (χ3v) is 5.92. The van der Waals surface area contributed by atoms with Crippen molar-refractivity contribution in [3.05, 3.63) is 42.7 Å². The van der Waals surface area contributed by atoms with E-state index < -0.39 is 0 Å². The molecule has 0 bridgehead atoms. The first-order valence-electron chi connectivity index (χ1n) is 9.53. The highest BCUT2D eigenvalue weighted by molar-refractivity contribution is 7.80. The lowest BCUT2D eigenvalue weighted by atomic mass is 10.2. The van der Waals surface area contributed by atoms with Crippen LogP contribution < -0.4 is 16.2 Å². The van der Waals surface area contributed by atoms with Gasteiger partial charge in [-0.05, 0) is 49.9 Å². The van der Waals surface area contributed by atoms with Gasteiger partial charge in [-0.15, -0.1) is 11.3 Å². The highest BCUT2D eigenvalue weighted by Crippen LogP contribution is 2.35. The van der Waals surface area contributed by atoms with Crippen LogP contribution in [0.3, 0.4) is 0 Å². The maximum absolute atomic E-state index is 5.36. The number of benzene rings is 1. The fraction of sp³-hybridized carbons (Fsp3) is 0.350. The molecule has 0 fully saturated rings. The lowest BCUT2D eigenvalue weighted by molar-refractivity contribution is 0.300. The van der Waals surface area contributed by atoms with Gasteiger partial charge in [0.25, 0.3) is 0 Å². The molecule has 0 aliphatic heterocycles. The monoisotopic (exact) mass is 414 g/mol. The molecule has 1 aromatic carbocycles. The normalized spacial score (nSPS) is 11.0. The Morgan fingerprint density at radius 3 is 2.68 bits per heavy atom. The molecule has 0 spiro atoms. The number of rotatable bonds is 9. The van der Waals surface area contributed by atoms with E-state index >= 15 is 0 Å². The van der Waals surface area contributed by atoms with Gasteiger partial charge in [-0.2, -0.15) is 0 Å². The van der Waals surface area contributed by atoms with Crippen molar-refractivity contribution in [2.24, 2.45) is 0 Å². The molecular formula is C20H26N6S2. The van der Waals surface area contributed by atoms with E-state index in [0.717, 1.165) is 53.5 Å². The Labute approximate surface area is 175 Å². The molecule has 2 heterocycles. The van der Waals surface area contributed by atoms with Crippen molar-refractivity contribution in [2.45, 2.75) is 20.3 Å². The summed E-state index contributed by atoms with van der Waals surface area (Å²) in [5.41, 5.74) is 8.24. The molecule has 3 rings (SSSR count). The summed E-state index contributed by atoms with van der Waals surface area (Å²) in [7, 11) is 0. The minimum absolute atomic E-state index is 0.561. The largest absolute Gasteiger partial charge is 0.361 e. The zero-order valence-electron chi connectivity index (χ0n) is 16.2. The second-order valence-corrected chi connectivity index (χ2v) is 7.76. The molecule has 0 atom stereocenters. The Balaban J connectivity index is 1.56. The smallest absolute Gasteiger partial charge is 0.185 e. The van der Waals surface area contributed by atoms with Gasteiger partial charge in [0.05, 0.1) is 10.2 Å². The van der Waals surface area contributed by atoms with Gasteiger partial charge in [-0.25, -0.2) is 9.97 Å². The van der Waals surface area contributed by atoms with Gasteiger partial charge in [0.1, 0.15) is 6.33 Å². The summed E-state index contributed by atoms with van der Waals surface area (Å²) in [5.74, 6) is 0.726. The zero-order chi connectivity index (χ0) is 19.8. The second kappa shape index (κ2) is 10.3. The van der Waals surface area contributed by atoms with E-state index in [9.17, 15) is 0 Å². The SMILES string of the molecule is CCN(CC)CCCNC(=S)NNc1ncnc2cc(-c3ccccc3)sc12. The number of nitrogens with one attached hydrogen (secondary N) is 3. The molecule has 2 aromatic heterocycles. The lowest BCUT2D eigenvalue weighted by Gasteiger charge is -2.18. The molecule has 0 amide bonds. The Morgan fingerprint density at radius 1 is 1.14 bits per heavy atom. The van der Waals surface area contributed by atoms with Crippen molar-refractivity contribution in [3.63, 3.8) is 0 Å². The van der Waals surface area contributed by atoms with Crippen molar-refractivity contribution < 1.29 is 0 Å². The van der Waals surface area contributed by atoms with E-state index in [2.05, 4.69) is 63.1 Å². The van der Waals surface area contributed by atoms with Crippen LogP contribution >= 0.6 is 23.6 Å². The molecule has 3 aromatic rings. The molecule has 0 saturated heterocycles. The predicted molar refractivity (Wildman–Crippen MR) is 123 cm³/mol. The van der Waals surface area contributed by atoms with Gasteiger partial charge >= 0.3 is 0 Å². The number of hydrazine groups is 1. The Morgan fingerprint density at radius 2 is 1.93 bits per heavy atom. The van der Waals surface area contributed by atoms with E-state index in [1.165, 1.54) is 5.56 Å².